The van der Waals surface area contributed by atoms with Crippen LogP contribution >= 0.6 is 23.8 Å². The largest absolute Gasteiger partial charge is 0.495 e. The Morgan fingerprint density at radius 2 is 2.11 bits per heavy atom. The van der Waals surface area contributed by atoms with Gasteiger partial charge in [0.1, 0.15) is 11.6 Å². The van der Waals surface area contributed by atoms with Crippen LogP contribution in [0.15, 0.2) is 24.4 Å². The molecule has 6 heteroatoms. The lowest BCUT2D eigenvalue weighted by atomic mass is 10.1. The van der Waals surface area contributed by atoms with E-state index in [0.717, 1.165) is 10.8 Å². The summed E-state index contributed by atoms with van der Waals surface area (Å²) in [5.74, 6) is 1.31. The van der Waals surface area contributed by atoms with Gasteiger partial charge >= 0.3 is 0 Å². The predicted molar refractivity (Wildman–Crippen MR) is 78.6 cm³/mol. The maximum Gasteiger partial charge on any atom is 0.171 e. The average Bonchev–Trinajstić information content (AvgIpc) is 2.37. The van der Waals surface area contributed by atoms with E-state index in [1.807, 2.05) is 18.2 Å². The number of nitrogens with zero attached hydrogens (tertiary/aromatic N) is 1. The first-order valence-corrected chi connectivity index (χ1v) is 6.04. The maximum atomic E-state index is 6.08. The average molecular weight is 282 g/mol. The first kappa shape index (κ1) is 12.9. The molecule has 0 fully saturated rings. The fourth-order valence-corrected chi connectivity index (χ4v) is 1.90. The zero-order valence-electron chi connectivity index (χ0n) is 9.95. The highest BCUT2D eigenvalue weighted by Crippen LogP contribution is 2.30. The van der Waals surface area contributed by atoms with E-state index in [4.69, 9.17) is 28.6 Å². The third-order valence-electron chi connectivity index (χ3n) is 2.46. The van der Waals surface area contributed by atoms with Gasteiger partial charge in [-0.2, -0.15) is 0 Å². The molecule has 0 saturated carbocycles. The van der Waals surface area contributed by atoms with Gasteiger partial charge in [0.2, 0.25) is 0 Å². The summed E-state index contributed by atoms with van der Waals surface area (Å²) in [7, 11) is 3.33. The van der Waals surface area contributed by atoms with Gasteiger partial charge in [-0.05, 0) is 35.8 Å². The summed E-state index contributed by atoms with van der Waals surface area (Å²) < 4.78 is 5.16. The number of hydrogen-bond donors (Lipinski definition) is 2. The molecule has 0 spiro atoms. The Morgan fingerprint density at radius 3 is 2.78 bits per heavy atom. The lowest BCUT2D eigenvalue weighted by molar-refractivity contribution is 0.415. The normalized spacial score (nSPS) is 10.2. The molecule has 0 radical (unpaired) electrons. The summed E-state index contributed by atoms with van der Waals surface area (Å²) in [5, 5.41) is 8.80. The van der Waals surface area contributed by atoms with Gasteiger partial charge in [-0.1, -0.05) is 11.6 Å². The molecule has 1 heterocycles. The Labute approximate surface area is 115 Å². The number of anilines is 1. The van der Waals surface area contributed by atoms with E-state index in [1.165, 1.54) is 0 Å². The van der Waals surface area contributed by atoms with Gasteiger partial charge in [0.25, 0.3) is 0 Å². The molecule has 1 aromatic carbocycles. The lowest BCUT2D eigenvalue weighted by Gasteiger charge is -2.09. The van der Waals surface area contributed by atoms with Gasteiger partial charge < -0.3 is 15.4 Å². The van der Waals surface area contributed by atoms with Crippen molar-refractivity contribution in [2.75, 3.05) is 19.5 Å². The topological polar surface area (TPSA) is 46.2 Å². The second-order valence-electron chi connectivity index (χ2n) is 3.61. The van der Waals surface area contributed by atoms with Gasteiger partial charge in [0.05, 0.1) is 12.1 Å². The SMILES string of the molecule is CNC(=S)Nc1cc2cc(Cl)c(OC)cc2cn1. The van der Waals surface area contributed by atoms with Crippen LogP contribution in [0.1, 0.15) is 0 Å². The van der Waals surface area contributed by atoms with Crippen molar-refractivity contribution in [2.24, 2.45) is 0 Å². The quantitative estimate of drug-likeness (QED) is 0.829. The van der Waals surface area contributed by atoms with Crippen LogP contribution in [-0.2, 0) is 0 Å². The van der Waals surface area contributed by atoms with Crippen LogP contribution in [0.5, 0.6) is 5.75 Å². The number of thiocarbonyl (C=S) groups is 1. The molecule has 0 saturated heterocycles. The molecule has 2 rings (SSSR count). The van der Waals surface area contributed by atoms with Gasteiger partial charge in [-0.15, -0.1) is 0 Å². The van der Waals surface area contributed by atoms with E-state index >= 15 is 0 Å². The van der Waals surface area contributed by atoms with Crippen LogP contribution in [0.4, 0.5) is 5.82 Å². The number of fused-ring (bicyclic) bond motifs is 1. The van der Waals surface area contributed by atoms with Gasteiger partial charge in [0.15, 0.2) is 5.11 Å². The number of benzene rings is 1. The molecule has 0 atom stereocenters. The minimum absolute atomic E-state index is 0.515. The fraction of sp³-hybridized carbons (Fsp3) is 0.167. The van der Waals surface area contributed by atoms with E-state index in [1.54, 1.807) is 20.4 Å². The van der Waals surface area contributed by atoms with Crippen molar-refractivity contribution in [3.05, 3.63) is 29.4 Å². The molecule has 0 aliphatic carbocycles. The van der Waals surface area contributed by atoms with Crippen LogP contribution in [0.2, 0.25) is 5.02 Å². The van der Waals surface area contributed by atoms with E-state index in [2.05, 4.69) is 15.6 Å². The minimum Gasteiger partial charge on any atom is -0.495 e. The van der Waals surface area contributed by atoms with E-state index in [-0.39, 0.29) is 0 Å². The minimum atomic E-state index is 0.515. The Bertz CT molecular complexity index is 603. The van der Waals surface area contributed by atoms with Crippen molar-refractivity contribution in [2.45, 2.75) is 0 Å². The summed E-state index contributed by atoms with van der Waals surface area (Å²) in [4.78, 5) is 4.26. The molecule has 0 bridgehead atoms. The second kappa shape index (κ2) is 5.37. The molecule has 0 aliphatic rings. The smallest absolute Gasteiger partial charge is 0.171 e. The number of rotatable bonds is 2. The van der Waals surface area contributed by atoms with E-state index < -0.39 is 0 Å². The summed E-state index contributed by atoms with van der Waals surface area (Å²) in [6.45, 7) is 0. The fourth-order valence-electron chi connectivity index (χ4n) is 1.55. The van der Waals surface area contributed by atoms with Crippen molar-refractivity contribution in [3.8, 4) is 5.75 Å². The van der Waals surface area contributed by atoms with E-state index in [9.17, 15) is 0 Å². The Morgan fingerprint density at radius 1 is 1.33 bits per heavy atom. The lowest BCUT2D eigenvalue weighted by Crippen LogP contribution is -2.24. The zero-order chi connectivity index (χ0) is 13.1. The highest BCUT2D eigenvalue weighted by Gasteiger charge is 2.05. The summed E-state index contributed by atoms with van der Waals surface area (Å²) in [5.41, 5.74) is 0. The molecule has 0 aliphatic heterocycles. The standard InChI is InChI=1S/C12H12ClN3OS/c1-14-12(18)16-11-5-7-3-9(13)10(17-2)4-8(7)6-15-11/h3-6H,1-2H3,(H2,14,15,16,18). The Kier molecular flexibility index (Phi) is 3.84. The van der Waals surface area contributed by atoms with Crippen LogP contribution in [-0.4, -0.2) is 24.3 Å². The highest BCUT2D eigenvalue weighted by molar-refractivity contribution is 7.80. The number of pyridine rings is 1. The predicted octanol–water partition coefficient (Wildman–Crippen LogP) is 2.81. The first-order valence-electron chi connectivity index (χ1n) is 5.26. The molecule has 18 heavy (non-hydrogen) atoms. The molecule has 4 nitrogen and oxygen atoms in total. The van der Waals surface area contributed by atoms with Crippen LogP contribution in [0.3, 0.4) is 0 Å². The van der Waals surface area contributed by atoms with Crippen LogP contribution in [0, 0.1) is 0 Å². The van der Waals surface area contributed by atoms with Crippen molar-refractivity contribution in [1.29, 1.82) is 0 Å². The molecular weight excluding hydrogens is 270 g/mol. The number of methoxy groups -OCH3 is 1. The zero-order valence-corrected chi connectivity index (χ0v) is 11.5. The Hall–Kier alpha value is -1.59. The van der Waals surface area contributed by atoms with Gasteiger partial charge in [-0.3, -0.25) is 0 Å². The van der Waals surface area contributed by atoms with Gasteiger partial charge in [0, 0.05) is 18.6 Å². The summed E-state index contributed by atoms with van der Waals surface area (Å²) in [6, 6.07) is 5.57. The molecular formula is C12H12ClN3OS. The molecule has 0 unspecified atom stereocenters. The van der Waals surface area contributed by atoms with Crippen LogP contribution < -0.4 is 15.4 Å². The van der Waals surface area contributed by atoms with Crippen molar-refractivity contribution >= 4 is 45.5 Å². The monoisotopic (exact) mass is 281 g/mol. The number of aromatic nitrogens is 1. The summed E-state index contributed by atoms with van der Waals surface area (Å²) >= 11 is 11.1. The molecule has 94 valence electrons. The maximum absolute atomic E-state index is 6.08. The summed E-state index contributed by atoms with van der Waals surface area (Å²) in [6.07, 6.45) is 1.74. The van der Waals surface area contributed by atoms with Crippen LogP contribution in [0.25, 0.3) is 10.8 Å². The molecule has 2 aromatic rings. The van der Waals surface area contributed by atoms with Crippen molar-refractivity contribution < 1.29 is 4.74 Å². The molecule has 2 N–H and O–H groups in total. The van der Waals surface area contributed by atoms with Gasteiger partial charge in [-0.25, -0.2) is 4.98 Å². The number of nitrogens with one attached hydrogen (secondary N) is 2. The number of hydrogen-bond acceptors (Lipinski definition) is 3. The highest BCUT2D eigenvalue weighted by atomic mass is 35.5. The third kappa shape index (κ3) is 2.63. The number of halogens is 1. The molecule has 0 amide bonds. The van der Waals surface area contributed by atoms with Crippen molar-refractivity contribution in [1.82, 2.24) is 10.3 Å². The van der Waals surface area contributed by atoms with E-state index in [0.29, 0.717) is 21.7 Å². The molecule has 1 aromatic heterocycles. The number of ether oxygens (including phenoxy) is 1. The third-order valence-corrected chi connectivity index (χ3v) is 3.06. The van der Waals surface area contributed by atoms with Crippen molar-refractivity contribution in [3.63, 3.8) is 0 Å². The Balaban J connectivity index is 2.42. The first-order chi connectivity index (χ1) is 8.63. The second-order valence-corrected chi connectivity index (χ2v) is 4.42.